The van der Waals surface area contributed by atoms with Gasteiger partial charge in [-0.2, -0.15) is 0 Å². The molecule has 0 aliphatic carbocycles. The molecule has 2 N–H and O–H groups in total. The molecule has 0 atom stereocenters. The van der Waals surface area contributed by atoms with Crippen molar-refractivity contribution in [3.63, 3.8) is 0 Å². The Morgan fingerprint density at radius 3 is 2.87 bits per heavy atom. The molecule has 1 aromatic rings. The van der Waals surface area contributed by atoms with Crippen molar-refractivity contribution in [1.29, 1.82) is 0 Å². The maximum atomic E-state index is 11.3. The summed E-state index contributed by atoms with van der Waals surface area (Å²) in [6, 6.07) is 3.99. The van der Waals surface area contributed by atoms with E-state index in [1.807, 2.05) is 32.9 Å². The van der Waals surface area contributed by atoms with Gasteiger partial charge in [0.05, 0.1) is 6.54 Å². The minimum atomic E-state index is -0.0201. The SMILES string of the molecule is Cc1ccnc(NCC(=O)NC(C)C)c1. The molecule has 1 amide bonds. The number of hydrogen-bond donors (Lipinski definition) is 2. The number of hydrogen-bond acceptors (Lipinski definition) is 3. The summed E-state index contributed by atoms with van der Waals surface area (Å²) in [5.74, 6) is 0.710. The fourth-order valence-corrected chi connectivity index (χ4v) is 1.18. The van der Waals surface area contributed by atoms with Gasteiger partial charge in [-0.15, -0.1) is 0 Å². The molecule has 0 fully saturated rings. The molecular weight excluding hydrogens is 190 g/mol. The topological polar surface area (TPSA) is 54.0 Å². The number of anilines is 1. The Kier molecular flexibility index (Phi) is 4.09. The van der Waals surface area contributed by atoms with E-state index in [-0.39, 0.29) is 18.5 Å². The number of aromatic nitrogens is 1. The first kappa shape index (κ1) is 11.5. The molecule has 1 rings (SSSR count). The van der Waals surface area contributed by atoms with Gasteiger partial charge in [-0.05, 0) is 38.5 Å². The van der Waals surface area contributed by atoms with Gasteiger partial charge in [0.2, 0.25) is 5.91 Å². The smallest absolute Gasteiger partial charge is 0.239 e. The Morgan fingerprint density at radius 1 is 1.53 bits per heavy atom. The zero-order chi connectivity index (χ0) is 11.3. The summed E-state index contributed by atoms with van der Waals surface area (Å²) in [7, 11) is 0. The lowest BCUT2D eigenvalue weighted by Gasteiger charge is -2.09. The van der Waals surface area contributed by atoms with Crippen LogP contribution in [0.25, 0.3) is 0 Å². The number of carbonyl (C=O) groups is 1. The summed E-state index contributed by atoms with van der Waals surface area (Å²) in [5.41, 5.74) is 1.12. The molecule has 4 heteroatoms. The number of carbonyl (C=O) groups excluding carboxylic acids is 1. The van der Waals surface area contributed by atoms with Crippen LogP contribution in [0.15, 0.2) is 18.3 Å². The zero-order valence-electron chi connectivity index (χ0n) is 9.37. The van der Waals surface area contributed by atoms with Gasteiger partial charge in [-0.3, -0.25) is 4.79 Å². The van der Waals surface area contributed by atoms with Crippen LogP contribution in [0.5, 0.6) is 0 Å². The van der Waals surface area contributed by atoms with E-state index in [0.717, 1.165) is 11.4 Å². The summed E-state index contributed by atoms with van der Waals surface area (Å²) in [4.78, 5) is 15.4. The quantitative estimate of drug-likeness (QED) is 0.783. The zero-order valence-corrected chi connectivity index (χ0v) is 9.37. The summed E-state index contributed by atoms with van der Waals surface area (Å²) in [5, 5.41) is 5.77. The van der Waals surface area contributed by atoms with E-state index in [2.05, 4.69) is 15.6 Å². The van der Waals surface area contributed by atoms with Crippen molar-refractivity contribution in [2.75, 3.05) is 11.9 Å². The molecule has 4 nitrogen and oxygen atoms in total. The van der Waals surface area contributed by atoms with Crippen LogP contribution in [0.4, 0.5) is 5.82 Å². The number of amides is 1. The molecule has 0 aliphatic rings. The summed E-state index contributed by atoms with van der Waals surface area (Å²) >= 11 is 0. The molecular formula is C11H17N3O. The second-order valence-electron chi connectivity index (χ2n) is 3.79. The highest BCUT2D eigenvalue weighted by Gasteiger charge is 2.02. The second kappa shape index (κ2) is 5.34. The fourth-order valence-electron chi connectivity index (χ4n) is 1.18. The van der Waals surface area contributed by atoms with Crippen molar-refractivity contribution in [1.82, 2.24) is 10.3 Å². The summed E-state index contributed by atoms with van der Waals surface area (Å²) in [6.07, 6.45) is 1.72. The van der Waals surface area contributed by atoms with Crippen molar-refractivity contribution < 1.29 is 4.79 Å². The van der Waals surface area contributed by atoms with Crippen molar-refractivity contribution in [3.05, 3.63) is 23.9 Å². The van der Waals surface area contributed by atoms with Gasteiger partial charge in [0.1, 0.15) is 5.82 Å². The number of nitrogens with zero attached hydrogens (tertiary/aromatic N) is 1. The average Bonchev–Trinajstić information content (AvgIpc) is 2.14. The van der Waals surface area contributed by atoms with Crippen molar-refractivity contribution in [3.8, 4) is 0 Å². The first-order valence-corrected chi connectivity index (χ1v) is 5.04. The van der Waals surface area contributed by atoms with E-state index < -0.39 is 0 Å². The second-order valence-corrected chi connectivity index (χ2v) is 3.79. The highest BCUT2D eigenvalue weighted by atomic mass is 16.1. The van der Waals surface area contributed by atoms with Crippen LogP contribution in [0.2, 0.25) is 0 Å². The van der Waals surface area contributed by atoms with Gasteiger partial charge in [0.25, 0.3) is 0 Å². The van der Waals surface area contributed by atoms with Gasteiger partial charge >= 0.3 is 0 Å². The fraction of sp³-hybridized carbons (Fsp3) is 0.455. The Balaban J connectivity index is 2.40. The van der Waals surface area contributed by atoms with Crippen LogP contribution < -0.4 is 10.6 Å². The van der Waals surface area contributed by atoms with Crippen molar-refractivity contribution in [2.45, 2.75) is 26.8 Å². The Labute approximate surface area is 90.1 Å². The van der Waals surface area contributed by atoms with E-state index in [1.54, 1.807) is 6.20 Å². The molecule has 82 valence electrons. The number of pyridine rings is 1. The Hall–Kier alpha value is -1.58. The number of nitrogens with one attached hydrogen (secondary N) is 2. The Morgan fingerprint density at radius 2 is 2.27 bits per heavy atom. The van der Waals surface area contributed by atoms with Crippen LogP contribution in [0.1, 0.15) is 19.4 Å². The number of aryl methyl sites for hydroxylation is 1. The molecule has 0 bridgehead atoms. The normalized spacial score (nSPS) is 10.1. The third-order valence-corrected chi connectivity index (χ3v) is 1.80. The van der Waals surface area contributed by atoms with Crippen LogP contribution in [0, 0.1) is 6.92 Å². The molecule has 0 saturated heterocycles. The van der Waals surface area contributed by atoms with Gasteiger partial charge in [0.15, 0.2) is 0 Å². The predicted octanol–water partition coefficient (Wildman–Crippen LogP) is 1.33. The highest BCUT2D eigenvalue weighted by molar-refractivity contribution is 5.80. The van der Waals surface area contributed by atoms with E-state index in [4.69, 9.17) is 0 Å². The van der Waals surface area contributed by atoms with E-state index in [1.165, 1.54) is 0 Å². The molecule has 0 aliphatic heterocycles. The first-order valence-electron chi connectivity index (χ1n) is 5.04. The minimum Gasteiger partial charge on any atom is -0.361 e. The van der Waals surface area contributed by atoms with E-state index in [0.29, 0.717) is 0 Å². The molecule has 1 aromatic heterocycles. The van der Waals surface area contributed by atoms with E-state index in [9.17, 15) is 4.79 Å². The average molecular weight is 207 g/mol. The maximum Gasteiger partial charge on any atom is 0.239 e. The van der Waals surface area contributed by atoms with Crippen LogP contribution in [-0.4, -0.2) is 23.5 Å². The Bertz CT molecular complexity index is 336. The lowest BCUT2D eigenvalue weighted by Crippen LogP contribution is -2.34. The molecule has 0 unspecified atom stereocenters. The molecule has 1 heterocycles. The lowest BCUT2D eigenvalue weighted by atomic mass is 10.3. The van der Waals surface area contributed by atoms with Gasteiger partial charge in [-0.1, -0.05) is 0 Å². The summed E-state index contributed by atoms with van der Waals surface area (Å²) in [6.45, 7) is 6.11. The van der Waals surface area contributed by atoms with Gasteiger partial charge < -0.3 is 10.6 Å². The van der Waals surface area contributed by atoms with Gasteiger partial charge in [-0.25, -0.2) is 4.98 Å². The van der Waals surface area contributed by atoms with Crippen LogP contribution >= 0.6 is 0 Å². The molecule has 0 saturated carbocycles. The third kappa shape index (κ3) is 4.44. The maximum absolute atomic E-state index is 11.3. The monoisotopic (exact) mass is 207 g/mol. The van der Waals surface area contributed by atoms with Crippen LogP contribution in [0.3, 0.4) is 0 Å². The lowest BCUT2D eigenvalue weighted by molar-refractivity contribution is -0.119. The standard InChI is InChI=1S/C11H17N3O/c1-8(2)14-11(15)7-13-10-6-9(3)4-5-12-10/h4-6,8H,7H2,1-3H3,(H,12,13)(H,14,15). The third-order valence-electron chi connectivity index (χ3n) is 1.80. The minimum absolute atomic E-state index is 0.0201. The summed E-state index contributed by atoms with van der Waals surface area (Å²) < 4.78 is 0. The van der Waals surface area contributed by atoms with Crippen molar-refractivity contribution in [2.24, 2.45) is 0 Å². The van der Waals surface area contributed by atoms with Gasteiger partial charge in [0, 0.05) is 12.2 Å². The first-order chi connectivity index (χ1) is 7.08. The predicted molar refractivity (Wildman–Crippen MR) is 60.7 cm³/mol. The molecule has 0 aromatic carbocycles. The van der Waals surface area contributed by atoms with E-state index >= 15 is 0 Å². The molecule has 0 radical (unpaired) electrons. The largest absolute Gasteiger partial charge is 0.361 e. The number of rotatable bonds is 4. The molecule has 15 heavy (non-hydrogen) atoms. The molecule has 0 spiro atoms. The van der Waals surface area contributed by atoms with Crippen molar-refractivity contribution >= 4 is 11.7 Å². The highest BCUT2D eigenvalue weighted by Crippen LogP contribution is 2.04. The van der Waals surface area contributed by atoms with Crippen LogP contribution in [-0.2, 0) is 4.79 Å².